The average Bonchev–Trinajstić information content (AvgIpc) is 3.61. The second-order valence-electron chi connectivity index (χ2n) is 9.77. The highest BCUT2D eigenvalue weighted by molar-refractivity contribution is 6.04. The van der Waals surface area contributed by atoms with E-state index in [0.717, 1.165) is 44.2 Å². The number of hydrogen-bond acceptors (Lipinski definition) is 5. The summed E-state index contributed by atoms with van der Waals surface area (Å²) in [6.45, 7) is 1.87. The lowest BCUT2D eigenvalue weighted by Gasteiger charge is -2.07. The lowest BCUT2D eigenvalue weighted by molar-refractivity contribution is 0.102. The molecule has 0 bridgehead atoms. The van der Waals surface area contributed by atoms with Crippen LogP contribution in [0.25, 0.3) is 55.8 Å². The number of pyridine rings is 2. The molecule has 7 rings (SSSR count). The molecule has 0 saturated heterocycles. The molecule has 3 N–H and O–H groups in total. The largest absolute Gasteiger partial charge is 0.337 e. The van der Waals surface area contributed by atoms with Gasteiger partial charge in [0.15, 0.2) is 5.82 Å². The van der Waals surface area contributed by atoms with Crippen LogP contribution in [0.1, 0.15) is 15.9 Å². The molecular weight excluding hydrogens is 517 g/mol. The summed E-state index contributed by atoms with van der Waals surface area (Å²) >= 11 is 0. The van der Waals surface area contributed by atoms with Crippen LogP contribution in [-0.4, -0.2) is 36.0 Å². The van der Waals surface area contributed by atoms with Crippen molar-refractivity contribution in [2.24, 2.45) is 0 Å². The number of aromatic nitrogens is 6. The Balaban J connectivity index is 1.25. The maximum atomic E-state index is 14.2. The van der Waals surface area contributed by atoms with Gasteiger partial charge in [-0.05, 0) is 60.5 Å². The van der Waals surface area contributed by atoms with E-state index in [1.165, 1.54) is 12.1 Å². The Kier molecular flexibility index (Phi) is 5.82. The highest BCUT2D eigenvalue weighted by Gasteiger charge is 2.17. The Morgan fingerprint density at radius 2 is 1.76 bits per heavy atom. The number of imidazole rings is 1. The molecule has 0 unspecified atom stereocenters. The summed E-state index contributed by atoms with van der Waals surface area (Å²) in [5.41, 5.74) is 7.85. The molecule has 41 heavy (non-hydrogen) atoms. The first kappa shape index (κ1) is 24.3. The van der Waals surface area contributed by atoms with Crippen molar-refractivity contribution >= 4 is 33.5 Å². The molecule has 0 aliphatic carbocycles. The SMILES string of the molecule is Cc1cc(F)cc(-c2cccc3[nH]c(-c4n[nH]c5cnc(-c6cncc(NC(=O)c7ccccc7)c6)cc45)nc23)c1. The normalized spacial score (nSPS) is 11.3. The van der Waals surface area contributed by atoms with Gasteiger partial charge < -0.3 is 10.3 Å². The number of para-hydroxylation sites is 1. The lowest BCUT2D eigenvalue weighted by atomic mass is 10.0. The zero-order chi connectivity index (χ0) is 27.9. The fourth-order valence-corrected chi connectivity index (χ4v) is 4.97. The van der Waals surface area contributed by atoms with E-state index in [1.54, 1.807) is 30.7 Å². The van der Waals surface area contributed by atoms with Crippen molar-refractivity contribution in [3.63, 3.8) is 0 Å². The molecule has 198 valence electrons. The van der Waals surface area contributed by atoms with Crippen molar-refractivity contribution in [2.75, 3.05) is 5.32 Å². The summed E-state index contributed by atoms with van der Waals surface area (Å²) in [5.74, 6) is 0.0676. The molecular formula is C32H22FN7O. The van der Waals surface area contributed by atoms with Crippen LogP contribution in [0.4, 0.5) is 10.1 Å². The molecule has 0 aliphatic rings. The van der Waals surface area contributed by atoms with Gasteiger partial charge in [-0.15, -0.1) is 0 Å². The van der Waals surface area contributed by atoms with Gasteiger partial charge in [0.05, 0.1) is 40.3 Å². The van der Waals surface area contributed by atoms with E-state index < -0.39 is 0 Å². The maximum Gasteiger partial charge on any atom is 0.255 e. The molecule has 8 nitrogen and oxygen atoms in total. The number of aromatic amines is 2. The Morgan fingerprint density at radius 1 is 0.878 bits per heavy atom. The standard InChI is InChI=1S/C32H22FN7O/c1-18-10-20(12-22(33)11-18)24-8-5-9-26-29(24)38-31(37-26)30-25-14-27(35-17-28(25)39-40-30)21-13-23(16-34-15-21)36-32(41)19-6-3-2-4-7-19/h2-17H,1H3,(H,36,41)(H,37,38)(H,39,40). The second-order valence-corrected chi connectivity index (χ2v) is 9.77. The summed E-state index contributed by atoms with van der Waals surface area (Å²) in [4.78, 5) is 29.8. The number of rotatable bonds is 5. The van der Waals surface area contributed by atoms with Crippen LogP contribution in [0.5, 0.6) is 0 Å². The summed E-state index contributed by atoms with van der Waals surface area (Å²) in [7, 11) is 0. The molecule has 7 aromatic rings. The summed E-state index contributed by atoms with van der Waals surface area (Å²) in [6, 6.07) is 23.5. The second kappa shape index (κ2) is 9.80. The van der Waals surface area contributed by atoms with Crippen molar-refractivity contribution in [3.05, 3.63) is 114 Å². The number of aryl methyl sites for hydroxylation is 1. The van der Waals surface area contributed by atoms with Crippen molar-refractivity contribution in [3.8, 4) is 33.9 Å². The average molecular weight is 540 g/mol. The van der Waals surface area contributed by atoms with Gasteiger partial charge in [-0.25, -0.2) is 9.37 Å². The third kappa shape index (κ3) is 4.59. The van der Waals surface area contributed by atoms with Crippen LogP contribution in [0.2, 0.25) is 0 Å². The number of nitrogens with one attached hydrogen (secondary N) is 3. The summed E-state index contributed by atoms with van der Waals surface area (Å²) in [6.07, 6.45) is 5.00. The minimum Gasteiger partial charge on any atom is -0.337 e. The molecule has 0 spiro atoms. The van der Waals surface area contributed by atoms with Crippen molar-refractivity contribution in [2.45, 2.75) is 6.92 Å². The predicted octanol–water partition coefficient (Wildman–Crippen LogP) is 6.93. The molecule has 0 radical (unpaired) electrons. The first-order valence-corrected chi connectivity index (χ1v) is 12.9. The molecule has 4 aromatic heterocycles. The third-order valence-corrected chi connectivity index (χ3v) is 6.87. The molecule has 0 atom stereocenters. The number of amides is 1. The van der Waals surface area contributed by atoms with Gasteiger partial charge in [-0.1, -0.05) is 36.4 Å². The quantitative estimate of drug-likeness (QED) is 0.220. The fraction of sp³-hybridized carbons (Fsp3) is 0.0312. The van der Waals surface area contributed by atoms with Gasteiger partial charge in [0.25, 0.3) is 5.91 Å². The van der Waals surface area contributed by atoms with Gasteiger partial charge >= 0.3 is 0 Å². The van der Waals surface area contributed by atoms with Crippen LogP contribution >= 0.6 is 0 Å². The number of hydrogen-bond donors (Lipinski definition) is 3. The number of H-pyrrole nitrogens is 2. The zero-order valence-corrected chi connectivity index (χ0v) is 21.8. The van der Waals surface area contributed by atoms with Crippen LogP contribution < -0.4 is 5.32 Å². The molecule has 3 aromatic carbocycles. The molecule has 4 heterocycles. The Labute approximate surface area is 233 Å². The van der Waals surface area contributed by atoms with Gasteiger partial charge in [0.2, 0.25) is 0 Å². The number of fused-ring (bicyclic) bond motifs is 2. The van der Waals surface area contributed by atoms with Crippen LogP contribution in [-0.2, 0) is 0 Å². The van der Waals surface area contributed by atoms with Crippen molar-refractivity contribution in [1.82, 2.24) is 30.1 Å². The Hall–Kier alpha value is -5.70. The van der Waals surface area contributed by atoms with E-state index in [0.29, 0.717) is 28.5 Å². The topological polar surface area (TPSA) is 112 Å². The first-order valence-electron chi connectivity index (χ1n) is 12.9. The predicted molar refractivity (Wildman–Crippen MR) is 157 cm³/mol. The van der Waals surface area contributed by atoms with E-state index in [4.69, 9.17) is 4.98 Å². The molecule has 0 saturated carbocycles. The van der Waals surface area contributed by atoms with E-state index in [9.17, 15) is 9.18 Å². The molecule has 0 fully saturated rings. The lowest BCUT2D eigenvalue weighted by Crippen LogP contribution is -2.11. The Bertz CT molecular complexity index is 2060. The van der Waals surface area contributed by atoms with Gasteiger partial charge in [-0.2, -0.15) is 5.10 Å². The maximum absolute atomic E-state index is 14.2. The van der Waals surface area contributed by atoms with E-state index in [1.807, 2.05) is 61.5 Å². The van der Waals surface area contributed by atoms with Crippen molar-refractivity contribution < 1.29 is 9.18 Å². The minimum absolute atomic E-state index is 0.220. The van der Waals surface area contributed by atoms with Crippen LogP contribution in [0, 0.1) is 12.7 Å². The third-order valence-electron chi connectivity index (χ3n) is 6.87. The number of carbonyl (C=O) groups excluding carboxylic acids is 1. The molecule has 1 amide bonds. The van der Waals surface area contributed by atoms with Crippen LogP contribution in [0.15, 0.2) is 97.5 Å². The molecule has 9 heteroatoms. The number of halogens is 1. The summed E-state index contributed by atoms with van der Waals surface area (Å²) in [5, 5.41) is 11.3. The number of benzene rings is 3. The van der Waals surface area contributed by atoms with Gasteiger partial charge in [0, 0.05) is 28.3 Å². The van der Waals surface area contributed by atoms with Gasteiger partial charge in [-0.3, -0.25) is 19.9 Å². The van der Waals surface area contributed by atoms with Crippen LogP contribution in [0.3, 0.4) is 0 Å². The number of carbonyl (C=O) groups is 1. The van der Waals surface area contributed by atoms with E-state index in [2.05, 4.69) is 30.5 Å². The summed E-state index contributed by atoms with van der Waals surface area (Å²) < 4.78 is 14.2. The number of nitrogens with zero attached hydrogens (tertiary/aromatic N) is 4. The van der Waals surface area contributed by atoms with Crippen molar-refractivity contribution in [1.29, 1.82) is 0 Å². The highest BCUT2D eigenvalue weighted by Crippen LogP contribution is 2.33. The smallest absolute Gasteiger partial charge is 0.255 e. The Morgan fingerprint density at radius 3 is 2.61 bits per heavy atom. The highest BCUT2D eigenvalue weighted by atomic mass is 19.1. The minimum atomic E-state index is -0.288. The fourth-order valence-electron chi connectivity index (χ4n) is 4.97. The first-order chi connectivity index (χ1) is 20.0. The van der Waals surface area contributed by atoms with E-state index in [-0.39, 0.29) is 11.7 Å². The van der Waals surface area contributed by atoms with Gasteiger partial charge in [0.1, 0.15) is 11.5 Å². The molecule has 0 aliphatic heterocycles. The number of anilines is 1. The zero-order valence-electron chi connectivity index (χ0n) is 21.8. The monoisotopic (exact) mass is 539 g/mol. The van der Waals surface area contributed by atoms with E-state index >= 15 is 0 Å².